The first-order valence-corrected chi connectivity index (χ1v) is 9.19. The Morgan fingerprint density at radius 2 is 1.89 bits per heavy atom. The van der Waals surface area contributed by atoms with Gasteiger partial charge in [-0.25, -0.2) is 9.97 Å². The van der Waals surface area contributed by atoms with Gasteiger partial charge in [-0.2, -0.15) is 0 Å². The lowest BCUT2D eigenvalue weighted by molar-refractivity contribution is 0.247. The number of pyridine rings is 1. The number of hydrogen-bond acceptors (Lipinski definition) is 6. The Labute approximate surface area is 167 Å². The van der Waals surface area contributed by atoms with Crippen molar-refractivity contribution in [2.24, 2.45) is 0 Å². The van der Waals surface area contributed by atoms with E-state index in [0.717, 1.165) is 5.56 Å². The van der Waals surface area contributed by atoms with Crippen LogP contribution in [-0.2, 0) is 0 Å². The van der Waals surface area contributed by atoms with Gasteiger partial charge < -0.3 is 20.1 Å². The molecule has 3 aromatic rings. The molecule has 8 heteroatoms. The lowest BCUT2D eigenvalue weighted by Gasteiger charge is -2.18. The second-order valence-electron chi connectivity index (χ2n) is 6.40. The SMILES string of the molecule is CC(CO)Nc1nccc(-c2ccn(C(CO)c3ccc(Cl)cc3)c(=O)c2)n1. The molecule has 3 rings (SSSR count). The molecular formula is C20H21ClN4O3. The summed E-state index contributed by atoms with van der Waals surface area (Å²) in [4.78, 5) is 21.2. The molecule has 1 aromatic carbocycles. The highest BCUT2D eigenvalue weighted by molar-refractivity contribution is 6.30. The third-order valence-corrected chi connectivity index (χ3v) is 4.56. The fraction of sp³-hybridized carbons (Fsp3) is 0.250. The van der Waals surface area contributed by atoms with Gasteiger partial charge >= 0.3 is 0 Å². The maximum Gasteiger partial charge on any atom is 0.251 e. The largest absolute Gasteiger partial charge is 0.394 e. The highest BCUT2D eigenvalue weighted by Gasteiger charge is 2.15. The van der Waals surface area contributed by atoms with Crippen LogP contribution >= 0.6 is 11.6 Å². The van der Waals surface area contributed by atoms with Gasteiger partial charge in [0, 0.05) is 35.1 Å². The molecule has 3 N–H and O–H groups in total. The van der Waals surface area contributed by atoms with Crippen LogP contribution in [0.2, 0.25) is 5.02 Å². The van der Waals surface area contributed by atoms with E-state index in [2.05, 4.69) is 15.3 Å². The molecule has 0 spiro atoms. The number of aromatic nitrogens is 3. The van der Waals surface area contributed by atoms with Gasteiger partial charge in [-0.15, -0.1) is 0 Å². The summed E-state index contributed by atoms with van der Waals surface area (Å²) < 4.78 is 1.47. The Bertz CT molecular complexity index is 991. The van der Waals surface area contributed by atoms with Gasteiger partial charge in [0.15, 0.2) is 0 Å². The van der Waals surface area contributed by atoms with Crippen LogP contribution in [0.5, 0.6) is 0 Å². The number of nitrogens with zero attached hydrogens (tertiary/aromatic N) is 3. The van der Waals surface area contributed by atoms with Gasteiger partial charge in [0.25, 0.3) is 5.56 Å². The Balaban J connectivity index is 1.91. The monoisotopic (exact) mass is 400 g/mol. The first kappa shape index (κ1) is 20.0. The van der Waals surface area contributed by atoms with Gasteiger partial charge in [0.05, 0.1) is 24.9 Å². The molecule has 0 saturated carbocycles. The molecule has 0 saturated heterocycles. The van der Waals surface area contributed by atoms with E-state index in [1.165, 1.54) is 10.6 Å². The average Bonchev–Trinajstić information content (AvgIpc) is 2.71. The quantitative estimate of drug-likeness (QED) is 0.562. The Morgan fingerprint density at radius 3 is 2.54 bits per heavy atom. The summed E-state index contributed by atoms with van der Waals surface area (Å²) in [7, 11) is 0. The van der Waals surface area contributed by atoms with E-state index in [1.807, 2.05) is 6.92 Å². The molecule has 7 nitrogen and oxygen atoms in total. The molecule has 2 heterocycles. The maximum atomic E-state index is 12.7. The lowest BCUT2D eigenvalue weighted by atomic mass is 10.1. The predicted molar refractivity (Wildman–Crippen MR) is 109 cm³/mol. The number of rotatable bonds is 7. The molecule has 0 aliphatic heterocycles. The van der Waals surface area contributed by atoms with Crippen LogP contribution in [0.15, 0.2) is 59.7 Å². The summed E-state index contributed by atoms with van der Waals surface area (Å²) >= 11 is 5.92. The van der Waals surface area contributed by atoms with Crippen LogP contribution < -0.4 is 10.9 Å². The van der Waals surface area contributed by atoms with Crippen LogP contribution in [0.3, 0.4) is 0 Å². The number of aliphatic hydroxyl groups is 2. The highest BCUT2D eigenvalue weighted by Crippen LogP contribution is 2.21. The third kappa shape index (κ3) is 4.56. The molecule has 0 radical (unpaired) electrons. The summed E-state index contributed by atoms with van der Waals surface area (Å²) in [5.74, 6) is 0.373. The van der Waals surface area contributed by atoms with Crippen LogP contribution in [0.1, 0.15) is 18.5 Å². The van der Waals surface area contributed by atoms with Crippen molar-refractivity contribution in [3.05, 3.63) is 75.8 Å². The number of benzene rings is 1. The smallest absolute Gasteiger partial charge is 0.251 e. The Morgan fingerprint density at radius 1 is 1.14 bits per heavy atom. The minimum Gasteiger partial charge on any atom is -0.394 e. The summed E-state index contributed by atoms with van der Waals surface area (Å²) in [6, 6.07) is 11.3. The fourth-order valence-electron chi connectivity index (χ4n) is 2.80. The van der Waals surface area contributed by atoms with Crippen molar-refractivity contribution < 1.29 is 10.2 Å². The van der Waals surface area contributed by atoms with E-state index in [4.69, 9.17) is 16.7 Å². The first-order chi connectivity index (χ1) is 13.5. The number of halogens is 1. The normalized spacial score (nSPS) is 13.1. The van der Waals surface area contributed by atoms with Crippen molar-refractivity contribution in [1.82, 2.24) is 14.5 Å². The molecule has 2 aromatic heterocycles. The second kappa shape index (κ2) is 8.97. The minimum atomic E-state index is -0.508. The molecule has 2 atom stereocenters. The van der Waals surface area contributed by atoms with Crippen molar-refractivity contribution in [2.45, 2.75) is 19.0 Å². The predicted octanol–water partition coefficient (Wildman–Crippen LogP) is 2.33. The molecule has 0 bridgehead atoms. The topological polar surface area (TPSA) is 100 Å². The third-order valence-electron chi connectivity index (χ3n) is 4.31. The summed E-state index contributed by atoms with van der Waals surface area (Å²) in [5.41, 5.74) is 1.74. The molecule has 0 aliphatic carbocycles. The molecule has 28 heavy (non-hydrogen) atoms. The molecule has 0 amide bonds. The van der Waals surface area contributed by atoms with Crippen molar-refractivity contribution in [3.8, 4) is 11.3 Å². The van der Waals surface area contributed by atoms with E-state index in [0.29, 0.717) is 22.2 Å². The summed E-state index contributed by atoms with van der Waals surface area (Å²) in [6.07, 6.45) is 3.23. The molecular weight excluding hydrogens is 380 g/mol. The summed E-state index contributed by atoms with van der Waals surface area (Å²) in [5, 5.41) is 22.5. The van der Waals surface area contributed by atoms with E-state index < -0.39 is 6.04 Å². The van der Waals surface area contributed by atoms with Crippen molar-refractivity contribution in [3.63, 3.8) is 0 Å². The van der Waals surface area contributed by atoms with Crippen LogP contribution in [0.25, 0.3) is 11.3 Å². The van der Waals surface area contributed by atoms with Crippen molar-refractivity contribution in [1.29, 1.82) is 0 Å². The minimum absolute atomic E-state index is 0.0448. The Kier molecular flexibility index (Phi) is 6.41. The number of aliphatic hydroxyl groups excluding tert-OH is 2. The van der Waals surface area contributed by atoms with Gasteiger partial charge in [-0.1, -0.05) is 23.7 Å². The van der Waals surface area contributed by atoms with Gasteiger partial charge in [0.1, 0.15) is 0 Å². The van der Waals surface area contributed by atoms with E-state index in [-0.39, 0.29) is 24.8 Å². The van der Waals surface area contributed by atoms with E-state index in [1.54, 1.807) is 48.8 Å². The molecule has 2 unspecified atom stereocenters. The van der Waals surface area contributed by atoms with Crippen LogP contribution in [-0.4, -0.2) is 44.0 Å². The highest BCUT2D eigenvalue weighted by atomic mass is 35.5. The van der Waals surface area contributed by atoms with Crippen LogP contribution in [0.4, 0.5) is 5.95 Å². The fourth-order valence-corrected chi connectivity index (χ4v) is 2.93. The zero-order chi connectivity index (χ0) is 20.1. The van der Waals surface area contributed by atoms with Crippen molar-refractivity contribution in [2.75, 3.05) is 18.5 Å². The van der Waals surface area contributed by atoms with Gasteiger partial charge in [-0.3, -0.25) is 4.79 Å². The molecule has 146 valence electrons. The van der Waals surface area contributed by atoms with E-state index >= 15 is 0 Å². The van der Waals surface area contributed by atoms with E-state index in [9.17, 15) is 9.90 Å². The second-order valence-corrected chi connectivity index (χ2v) is 6.84. The maximum absolute atomic E-state index is 12.7. The Hall–Kier alpha value is -2.74. The van der Waals surface area contributed by atoms with Crippen molar-refractivity contribution >= 4 is 17.5 Å². The lowest BCUT2D eigenvalue weighted by Crippen LogP contribution is -2.26. The number of nitrogens with one attached hydrogen (secondary N) is 1. The van der Waals surface area contributed by atoms with Gasteiger partial charge in [0.2, 0.25) is 5.95 Å². The average molecular weight is 401 g/mol. The molecule has 0 aliphatic rings. The standard InChI is InChI=1S/C20H21ClN4O3/c1-13(11-26)23-20-22-8-6-17(24-20)15-7-9-25(19(28)10-15)18(12-27)14-2-4-16(21)5-3-14/h2-10,13,18,26-27H,11-12H2,1H3,(H,22,23,24). The first-order valence-electron chi connectivity index (χ1n) is 8.81. The number of anilines is 1. The zero-order valence-electron chi connectivity index (χ0n) is 15.3. The van der Waals surface area contributed by atoms with Crippen LogP contribution in [0, 0.1) is 0 Å². The molecule has 0 fully saturated rings. The van der Waals surface area contributed by atoms with Gasteiger partial charge in [-0.05, 0) is 36.8 Å². The zero-order valence-corrected chi connectivity index (χ0v) is 16.0. The summed E-state index contributed by atoms with van der Waals surface area (Å²) in [6.45, 7) is 1.54. The number of hydrogen-bond donors (Lipinski definition) is 3.